The van der Waals surface area contributed by atoms with Crippen molar-refractivity contribution in [1.82, 2.24) is 0 Å². The zero-order valence-electron chi connectivity index (χ0n) is 16.4. The van der Waals surface area contributed by atoms with Crippen LogP contribution in [0.2, 0.25) is 0 Å². The first-order valence-electron chi connectivity index (χ1n) is 9.04. The van der Waals surface area contributed by atoms with Crippen LogP contribution in [0.4, 0.5) is 0 Å². The Morgan fingerprint density at radius 1 is 0.828 bits per heavy atom. The molecule has 5 nitrogen and oxygen atoms in total. The molecule has 2 aromatic rings. The molecule has 0 aliphatic rings. The maximum absolute atomic E-state index is 13.4. The Morgan fingerprint density at radius 2 is 1.28 bits per heavy atom. The molecular weight excluding hydrogens is 504 g/mol. The summed E-state index contributed by atoms with van der Waals surface area (Å²) in [4.78, 5) is 38.5. The van der Waals surface area contributed by atoms with Crippen LogP contribution in [0.3, 0.4) is 0 Å². The van der Waals surface area contributed by atoms with Crippen molar-refractivity contribution in [2.24, 2.45) is 11.8 Å². The standard InChI is InChI=1S/C22H22Br2O5/c1-4-17(20(25)14-7-11-16(24)12-8-14)18(13-5-9-15(23)10-6-13)19(21(26)28-2)22(27)29-3/h5-12,17-19H,4H2,1-3H3/t17-,18-/m0/s1. The lowest BCUT2D eigenvalue weighted by molar-refractivity contribution is -0.160. The summed E-state index contributed by atoms with van der Waals surface area (Å²) >= 11 is 6.75. The highest BCUT2D eigenvalue weighted by atomic mass is 79.9. The molecule has 0 radical (unpaired) electrons. The lowest BCUT2D eigenvalue weighted by atomic mass is 9.72. The van der Waals surface area contributed by atoms with Crippen LogP contribution in [-0.2, 0) is 19.1 Å². The molecule has 0 aromatic heterocycles. The normalized spacial score (nSPS) is 12.9. The van der Waals surface area contributed by atoms with Gasteiger partial charge in [-0.15, -0.1) is 0 Å². The van der Waals surface area contributed by atoms with Crippen LogP contribution in [-0.4, -0.2) is 31.9 Å². The molecule has 0 heterocycles. The molecule has 0 aliphatic heterocycles. The monoisotopic (exact) mass is 524 g/mol. The van der Waals surface area contributed by atoms with E-state index in [0.29, 0.717) is 17.5 Å². The summed E-state index contributed by atoms with van der Waals surface area (Å²) in [5.41, 5.74) is 1.20. The Morgan fingerprint density at radius 3 is 1.69 bits per heavy atom. The Labute approximate surface area is 187 Å². The number of methoxy groups -OCH3 is 2. The highest BCUT2D eigenvalue weighted by Gasteiger charge is 2.44. The van der Waals surface area contributed by atoms with E-state index in [0.717, 1.165) is 8.95 Å². The third kappa shape index (κ3) is 5.54. The van der Waals surface area contributed by atoms with Crippen molar-refractivity contribution >= 4 is 49.6 Å². The largest absolute Gasteiger partial charge is 0.468 e. The smallest absolute Gasteiger partial charge is 0.320 e. The third-order valence-electron chi connectivity index (χ3n) is 4.86. The summed E-state index contributed by atoms with van der Waals surface area (Å²) in [6, 6.07) is 14.2. The van der Waals surface area contributed by atoms with Gasteiger partial charge in [-0.05, 0) is 36.2 Å². The van der Waals surface area contributed by atoms with Gasteiger partial charge in [-0.3, -0.25) is 14.4 Å². The third-order valence-corrected chi connectivity index (χ3v) is 5.92. The molecule has 0 unspecified atom stereocenters. The van der Waals surface area contributed by atoms with E-state index in [1.807, 2.05) is 19.1 Å². The summed E-state index contributed by atoms with van der Waals surface area (Å²) in [7, 11) is 2.43. The summed E-state index contributed by atoms with van der Waals surface area (Å²) < 4.78 is 11.5. The second kappa shape index (κ2) is 10.7. The number of ketones is 1. The van der Waals surface area contributed by atoms with E-state index in [4.69, 9.17) is 9.47 Å². The topological polar surface area (TPSA) is 69.7 Å². The molecule has 2 atom stereocenters. The van der Waals surface area contributed by atoms with Gasteiger partial charge in [0.2, 0.25) is 0 Å². The zero-order chi connectivity index (χ0) is 21.6. The number of rotatable bonds is 8. The molecule has 0 saturated carbocycles. The van der Waals surface area contributed by atoms with E-state index in [9.17, 15) is 14.4 Å². The molecular formula is C22H22Br2O5. The van der Waals surface area contributed by atoms with Crippen molar-refractivity contribution in [2.75, 3.05) is 14.2 Å². The summed E-state index contributed by atoms with van der Waals surface area (Å²) in [5, 5.41) is 0. The molecule has 0 amide bonds. The minimum Gasteiger partial charge on any atom is -0.468 e. The quantitative estimate of drug-likeness (QED) is 0.270. The fourth-order valence-corrected chi connectivity index (χ4v) is 3.94. The molecule has 0 aliphatic carbocycles. The minimum atomic E-state index is -1.25. The summed E-state index contributed by atoms with van der Waals surface area (Å²) in [5.74, 6) is -4.22. The number of hydrogen-bond donors (Lipinski definition) is 0. The number of ether oxygens (including phenoxy) is 2. The second-order valence-corrected chi connectivity index (χ2v) is 8.32. The van der Waals surface area contributed by atoms with Gasteiger partial charge in [0, 0.05) is 26.3 Å². The number of halogens is 2. The van der Waals surface area contributed by atoms with Crippen LogP contribution in [0.1, 0.15) is 35.2 Å². The van der Waals surface area contributed by atoms with E-state index >= 15 is 0 Å². The van der Waals surface area contributed by atoms with E-state index in [1.54, 1.807) is 36.4 Å². The first-order chi connectivity index (χ1) is 13.8. The Balaban J connectivity index is 2.60. The van der Waals surface area contributed by atoms with Gasteiger partial charge < -0.3 is 9.47 Å². The van der Waals surface area contributed by atoms with E-state index < -0.39 is 29.7 Å². The number of esters is 2. The molecule has 29 heavy (non-hydrogen) atoms. The maximum Gasteiger partial charge on any atom is 0.320 e. The van der Waals surface area contributed by atoms with Crippen LogP contribution < -0.4 is 0 Å². The van der Waals surface area contributed by atoms with E-state index in [-0.39, 0.29) is 5.78 Å². The minimum absolute atomic E-state index is 0.147. The Kier molecular flexibility index (Phi) is 8.59. The van der Waals surface area contributed by atoms with E-state index in [2.05, 4.69) is 31.9 Å². The zero-order valence-corrected chi connectivity index (χ0v) is 19.5. The fourth-order valence-electron chi connectivity index (χ4n) is 3.42. The number of carbonyl (C=O) groups excluding carboxylic acids is 3. The van der Waals surface area contributed by atoms with Gasteiger partial charge in [0.05, 0.1) is 14.2 Å². The first-order valence-corrected chi connectivity index (χ1v) is 10.6. The predicted molar refractivity (Wildman–Crippen MR) is 117 cm³/mol. The molecule has 2 rings (SSSR count). The first kappa shape index (κ1) is 23.3. The average Bonchev–Trinajstić information content (AvgIpc) is 2.73. The van der Waals surface area contributed by atoms with Crippen LogP contribution >= 0.6 is 31.9 Å². The van der Waals surface area contributed by atoms with Crippen LogP contribution in [0.15, 0.2) is 57.5 Å². The molecule has 0 spiro atoms. The van der Waals surface area contributed by atoms with Crippen molar-refractivity contribution in [3.05, 3.63) is 68.6 Å². The Hall–Kier alpha value is -1.99. The van der Waals surface area contributed by atoms with Crippen LogP contribution in [0.25, 0.3) is 0 Å². The SMILES string of the molecule is CC[C@H](C(=O)c1ccc(Br)cc1)[C@H](c1ccc(Br)cc1)C(C(=O)OC)C(=O)OC. The van der Waals surface area contributed by atoms with Crippen LogP contribution in [0, 0.1) is 11.8 Å². The molecule has 0 bridgehead atoms. The maximum atomic E-state index is 13.4. The van der Waals surface area contributed by atoms with Gasteiger partial charge in [0.1, 0.15) is 0 Å². The number of hydrogen-bond acceptors (Lipinski definition) is 5. The summed E-state index contributed by atoms with van der Waals surface area (Å²) in [6.07, 6.45) is 0.431. The van der Waals surface area contributed by atoms with Gasteiger partial charge in [0.15, 0.2) is 11.7 Å². The highest BCUT2D eigenvalue weighted by Crippen LogP contribution is 2.38. The molecule has 2 aromatic carbocycles. The van der Waals surface area contributed by atoms with Crippen LogP contribution in [0.5, 0.6) is 0 Å². The number of carbonyl (C=O) groups is 3. The molecule has 0 N–H and O–H groups in total. The molecule has 0 fully saturated rings. The van der Waals surface area contributed by atoms with E-state index in [1.165, 1.54) is 14.2 Å². The molecule has 0 saturated heterocycles. The molecule has 7 heteroatoms. The molecule has 154 valence electrons. The van der Waals surface area contributed by atoms with Crippen molar-refractivity contribution in [1.29, 1.82) is 0 Å². The van der Waals surface area contributed by atoms with Gasteiger partial charge in [0.25, 0.3) is 0 Å². The van der Waals surface area contributed by atoms with Crippen molar-refractivity contribution in [3.8, 4) is 0 Å². The lowest BCUT2D eigenvalue weighted by Crippen LogP contribution is -2.38. The van der Waals surface area contributed by atoms with Crippen molar-refractivity contribution in [2.45, 2.75) is 19.3 Å². The van der Waals surface area contributed by atoms with Gasteiger partial charge >= 0.3 is 11.9 Å². The number of Topliss-reactive ketones (excluding diaryl/α,β-unsaturated/α-hetero) is 1. The lowest BCUT2D eigenvalue weighted by Gasteiger charge is -2.30. The average molecular weight is 526 g/mol. The summed E-state index contributed by atoms with van der Waals surface area (Å²) in [6.45, 7) is 1.86. The van der Waals surface area contributed by atoms with Crippen molar-refractivity contribution in [3.63, 3.8) is 0 Å². The number of benzene rings is 2. The second-order valence-electron chi connectivity index (χ2n) is 6.49. The van der Waals surface area contributed by atoms with Gasteiger partial charge in [-0.2, -0.15) is 0 Å². The van der Waals surface area contributed by atoms with Gasteiger partial charge in [-0.1, -0.05) is 63.0 Å². The van der Waals surface area contributed by atoms with Crippen molar-refractivity contribution < 1.29 is 23.9 Å². The Bertz CT molecular complexity index is 846. The van der Waals surface area contributed by atoms with Gasteiger partial charge in [-0.25, -0.2) is 0 Å². The fraction of sp³-hybridized carbons (Fsp3) is 0.318. The highest BCUT2D eigenvalue weighted by molar-refractivity contribution is 9.10. The predicted octanol–water partition coefficient (Wildman–Crippen LogP) is 5.17.